The molecule has 2 rings (SSSR count). The highest BCUT2D eigenvalue weighted by Crippen LogP contribution is 2.39. The molecule has 0 aromatic heterocycles. The number of anilines is 1. The Morgan fingerprint density at radius 3 is 2.68 bits per heavy atom. The van der Waals surface area contributed by atoms with Crippen LogP contribution in [0.5, 0.6) is 0 Å². The number of halogens is 1. The van der Waals surface area contributed by atoms with E-state index in [-0.39, 0.29) is 23.7 Å². The summed E-state index contributed by atoms with van der Waals surface area (Å²) in [6.45, 7) is 3.97. The Labute approximate surface area is 120 Å². The number of para-hydroxylation sites is 1. The second-order valence-electron chi connectivity index (χ2n) is 4.45. The van der Waals surface area contributed by atoms with Gasteiger partial charge in [-0.05, 0) is 34.5 Å². The standard InChI is InChI=1S/C14H15BrN2O2/c1-2-7-16-13(18)9-8-10(9)14(19)17-12-6-4-3-5-11(12)15/h2-6,9-10H,1,7-8H2,(H,16,18)(H,17,19). The molecule has 0 heterocycles. The Balaban J connectivity index is 1.88. The second-order valence-corrected chi connectivity index (χ2v) is 5.31. The van der Waals surface area contributed by atoms with E-state index in [2.05, 4.69) is 33.1 Å². The van der Waals surface area contributed by atoms with Crippen molar-refractivity contribution in [1.29, 1.82) is 0 Å². The van der Waals surface area contributed by atoms with E-state index in [1.807, 2.05) is 24.3 Å². The van der Waals surface area contributed by atoms with Crippen LogP contribution in [0, 0.1) is 11.8 Å². The summed E-state index contributed by atoms with van der Waals surface area (Å²) in [7, 11) is 0. The smallest absolute Gasteiger partial charge is 0.228 e. The molecule has 100 valence electrons. The Morgan fingerprint density at radius 2 is 2.00 bits per heavy atom. The zero-order valence-electron chi connectivity index (χ0n) is 10.4. The monoisotopic (exact) mass is 322 g/mol. The van der Waals surface area contributed by atoms with Gasteiger partial charge in [0.2, 0.25) is 11.8 Å². The Hall–Kier alpha value is -1.62. The summed E-state index contributed by atoms with van der Waals surface area (Å²) in [5.41, 5.74) is 0.727. The molecule has 0 bridgehead atoms. The summed E-state index contributed by atoms with van der Waals surface area (Å²) in [5.74, 6) is -0.614. The van der Waals surface area contributed by atoms with Gasteiger partial charge >= 0.3 is 0 Å². The van der Waals surface area contributed by atoms with E-state index in [1.165, 1.54) is 0 Å². The second kappa shape index (κ2) is 6.02. The molecule has 19 heavy (non-hydrogen) atoms. The zero-order valence-corrected chi connectivity index (χ0v) is 11.9. The van der Waals surface area contributed by atoms with Gasteiger partial charge in [-0.2, -0.15) is 0 Å². The molecule has 2 unspecified atom stereocenters. The number of benzene rings is 1. The first kappa shape index (κ1) is 13.8. The van der Waals surface area contributed by atoms with Crippen LogP contribution in [0.25, 0.3) is 0 Å². The van der Waals surface area contributed by atoms with Crippen molar-refractivity contribution < 1.29 is 9.59 Å². The number of nitrogens with one attached hydrogen (secondary N) is 2. The molecular formula is C14H15BrN2O2. The van der Waals surface area contributed by atoms with E-state index < -0.39 is 0 Å². The third-order valence-electron chi connectivity index (χ3n) is 3.02. The van der Waals surface area contributed by atoms with Crippen molar-refractivity contribution in [3.8, 4) is 0 Å². The lowest BCUT2D eigenvalue weighted by Crippen LogP contribution is -2.27. The minimum absolute atomic E-state index is 0.0767. The normalized spacial score (nSPS) is 20.5. The molecule has 1 saturated carbocycles. The van der Waals surface area contributed by atoms with Gasteiger partial charge in [0.1, 0.15) is 0 Å². The summed E-state index contributed by atoms with van der Waals surface area (Å²) >= 11 is 3.37. The van der Waals surface area contributed by atoms with Gasteiger partial charge in [-0.15, -0.1) is 6.58 Å². The van der Waals surface area contributed by atoms with E-state index >= 15 is 0 Å². The molecule has 2 amide bonds. The molecule has 1 aliphatic carbocycles. The third-order valence-corrected chi connectivity index (χ3v) is 3.71. The van der Waals surface area contributed by atoms with Crippen molar-refractivity contribution in [2.45, 2.75) is 6.42 Å². The number of hydrogen-bond acceptors (Lipinski definition) is 2. The largest absolute Gasteiger partial charge is 0.352 e. The van der Waals surface area contributed by atoms with Crippen LogP contribution >= 0.6 is 15.9 Å². The van der Waals surface area contributed by atoms with E-state index in [1.54, 1.807) is 6.08 Å². The summed E-state index contributed by atoms with van der Waals surface area (Å²) < 4.78 is 0.830. The van der Waals surface area contributed by atoms with E-state index in [0.717, 1.165) is 10.2 Å². The number of hydrogen-bond donors (Lipinski definition) is 2. The van der Waals surface area contributed by atoms with E-state index in [9.17, 15) is 9.59 Å². The van der Waals surface area contributed by atoms with Crippen LogP contribution in [0.4, 0.5) is 5.69 Å². The molecule has 2 atom stereocenters. The fourth-order valence-electron chi connectivity index (χ4n) is 1.87. The molecule has 1 aromatic carbocycles. The van der Waals surface area contributed by atoms with E-state index in [0.29, 0.717) is 13.0 Å². The van der Waals surface area contributed by atoms with Crippen LogP contribution in [0.15, 0.2) is 41.4 Å². The average Bonchev–Trinajstić information content (AvgIpc) is 3.19. The molecule has 0 aliphatic heterocycles. The van der Waals surface area contributed by atoms with Crippen LogP contribution in [-0.4, -0.2) is 18.4 Å². The highest BCUT2D eigenvalue weighted by molar-refractivity contribution is 9.10. The van der Waals surface area contributed by atoms with Crippen LogP contribution in [0.2, 0.25) is 0 Å². The van der Waals surface area contributed by atoms with Gasteiger partial charge in [0.25, 0.3) is 0 Å². The SMILES string of the molecule is C=CCNC(=O)C1CC1C(=O)Nc1ccccc1Br. The highest BCUT2D eigenvalue weighted by Gasteiger charge is 2.47. The molecular weight excluding hydrogens is 308 g/mol. The first-order valence-corrected chi connectivity index (χ1v) is 6.86. The summed E-state index contributed by atoms with van der Waals surface area (Å²) in [5, 5.41) is 5.54. The lowest BCUT2D eigenvalue weighted by atomic mass is 10.2. The molecule has 0 saturated heterocycles. The quantitative estimate of drug-likeness (QED) is 0.817. The molecule has 1 fully saturated rings. The van der Waals surface area contributed by atoms with Crippen molar-refractivity contribution in [3.05, 3.63) is 41.4 Å². The first-order chi connectivity index (χ1) is 9.13. The molecule has 1 aromatic rings. The molecule has 0 radical (unpaired) electrons. The van der Waals surface area contributed by atoms with E-state index in [4.69, 9.17) is 0 Å². The average molecular weight is 323 g/mol. The predicted molar refractivity (Wildman–Crippen MR) is 77.6 cm³/mol. The van der Waals surface area contributed by atoms with Gasteiger partial charge in [-0.1, -0.05) is 18.2 Å². The third kappa shape index (κ3) is 3.44. The molecule has 5 heteroatoms. The lowest BCUT2D eigenvalue weighted by Gasteiger charge is -2.06. The zero-order chi connectivity index (χ0) is 13.8. The maximum atomic E-state index is 12.0. The Kier molecular flexibility index (Phi) is 4.37. The summed E-state index contributed by atoms with van der Waals surface area (Å²) in [6.07, 6.45) is 2.23. The predicted octanol–water partition coefficient (Wildman–Crippen LogP) is 2.33. The van der Waals surface area contributed by atoms with Crippen LogP contribution in [-0.2, 0) is 9.59 Å². The summed E-state index contributed by atoms with van der Waals surface area (Å²) in [6, 6.07) is 7.40. The first-order valence-electron chi connectivity index (χ1n) is 6.07. The fraction of sp³-hybridized carbons (Fsp3) is 0.286. The van der Waals surface area contributed by atoms with Crippen molar-refractivity contribution >= 4 is 33.4 Å². The van der Waals surface area contributed by atoms with Crippen molar-refractivity contribution in [2.24, 2.45) is 11.8 Å². The molecule has 0 spiro atoms. The Bertz CT molecular complexity index is 516. The van der Waals surface area contributed by atoms with Crippen molar-refractivity contribution in [3.63, 3.8) is 0 Å². The molecule has 2 N–H and O–H groups in total. The van der Waals surface area contributed by atoms with Gasteiger partial charge in [-0.25, -0.2) is 0 Å². The number of carbonyl (C=O) groups is 2. The van der Waals surface area contributed by atoms with Gasteiger partial charge < -0.3 is 10.6 Å². The minimum atomic E-state index is -0.225. The summed E-state index contributed by atoms with van der Waals surface area (Å²) in [4.78, 5) is 23.6. The highest BCUT2D eigenvalue weighted by atomic mass is 79.9. The molecule has 4 nitrogen and oxygen atoms in total. The lowest BCUT2D eigenvalue weighted by molar-refractivity contribution is -0.125. The van der Waals surface area contributed by atoms with Crippen molar-refractivity contribution in [2.75, 3.05) is 11.9 Å². The molecule has 1 aliphatic rings. The van der Waals surface area contributed by atoms with Crippen LogP contribution in [0.1, 0.15) is 6.42 Å². The maximum Gasteiger partial charge on any atom is 0.228 e. The fourth-order valence-corrected chi connectivity index (χ4v) is 2.25. The number of rotatable bonds is 5. The maximum absolute atomic E-state index is 12.0. The van der Waals surface area contributed by atoms with Crippen LogP contribution < -0.4 is 10.6 Å². The Morgan fingerprint density at radius 1 is 1.32 bits per heavy atom. The van der Waals surface area contributed by atoms with Gasteiger partial charge in [0, 0.05) is 11.0 Å². The van der Waals surface area contributed by atoms with Crippen molar-refractivity contribution in [1.82, 2.24) is 5.32 Å². The minimum Gasteiger partial charge on any atom is -0.352 e. The van der Waals surface area contributed by atoms with Crippen LogP contribution in [0.3, 0.4) is 0 Å². The number of carbonyl (C=O) groups excluding carboxylic acids is 2. The number of amides is 2. The topological polar surface area (TPSA) is 58.2 Å². The van der Waals surface area contributed by atoms with Gasteiger partial charge in [-0.3, -0.25) is 9.59 Å². The van der Waals surface area contributed by atoms with Gasteiger partial charge in [0.15, 0.2) is 0 Å². The van der Waals surface area contributed by atoms with Gasteiger partial charge in [0.05, 0.1) is 17.5 Å².